The van der Waals surface area contributed by atoms with E-state index in [0.717, 1.165) is 18.6 Å². The van der Waals surface area contributed by atoms with E-state index in [1.54, 1.807) is 0 Å². The van der Waals surface area contributed by atoms with Gasteiger partial charge in [-0.15, -0.1) is 0 Å². The summed E-state index contributed by atoms with van der Waals surface area (Å²) < 4.78 is 32.2. The predicted octanol–water partition coefficient (Wildman–Crippen LogP) is 3.74. The highest BCUT2D eigenvalue weighted by Gasteiger charge is 2.36. The second kappa shape index (κ2) is 10.2. The van der Waals surface area contributed by atoms with Gasteiger partial charge in [0.2, 0.25) is 10.0 Å². The lowest BCUT2D eigenvalue weighted by Crippen LogP contribution is -2.49. The maximum atomic E-state index is 11.8. The van der Waals surface area contributed by atoms with Crippen molar-refractivity contribution >= 4 is 10.0 Å². The van der Waals surface area contributed by atoms with Crippen LogP contribution in [0.1, 0.15) is 48.8 Å². The first-order valence-corrected chi connectivity index (χ1v) is 13.2. The van der Waals surface area contributed by atoms with Crippen LogP contribution in [0.4, 0.5) is 0 Å². The fourth-order valence-corrected chi connectivity index (χ4v) is 5.95. The average Bonchev–Trinajstić information content (AvgIpc) is 2.72. The van der Waals surface area contributed by atoms with Crippen molar-refractivity contribution in [1.29, 1.82) is 0 Å². The van der Waals surface area contributed by atoms with Gasteiger partial charge < -0.3 is 4.74 Å². The molecule has 1 N–H and O–H groups in total. The molecule has 0 radical (unpaired) electrons. The molecule has 1 aliphatic heterocycles. The van der Waals surface area contributed by atoms with E-state index in [0.29, 0.717) is 31.5 Å². The van der Waals surface area contributed by atoms with Crippen LogP contribution >= 0.6 is 0 Å². The minimum Gasteiger partial charge on any atom is -0.492 e. The lowest BCUT2D eigenvalue weighted by Gasteiger charge is -2.45. The molecule has 0 amide bonds. The zero-order chi connectivity index (χ0) is 21.7. The second-order valence-corrected chi connectivity index (χ2v) is 10.6. The summed E-state index contributed by atoms with van der Waals surface area (Å²) >= 11 is 0. The van der Waals surface area contributed by atoms with Crippen LogP contribution in [-0.4, -0.2) is 51.4 Å². The van der Waals surface area contributed by atoms with Crippen molar-refractivity contribution in [3.8, 4) is 5.75 Å². The number of ether oxygens (including phenoxy) is 1. The molecule has 1 aliphatic carbocycles. The van der Waals surface area contributed by atoms with Crippen LogP contribution in [-0.2, 0) is 22.9 Å². The normalized spacial score (nSPS) is 21.3. The van der Waals surface area contributed by atoms with Crippen molar-refractivity contribution in [2.45, 2.75) is 51.0 Å². The highest BCUT2D eigenvalue weighted by atomic mass is 32.2. The van der Waals surface area contributed by atoms with Crippen molar-refractivity contribution in [3.05, 3.63) is 65.2 Å². The largest absolute Gasteiger partial charge is 0.492 e. The van der Waals surface area contributed by atoms with E-state index in [4.69, 9.17) is 4.74 Å². The number of benzene rings is 2. The van der Waals surface area contributed by atoms with Crippen LogP contribution in [0, 0.1) is 0 Å². The summed E-state index contributed by atoms with van der Waals surface area (Å²) in [6, 6.07) is 17.8. The molecule has 2 aromatic carbocycles. The molecule has 2 aromatic rings. The maximum absolute atomic E-state index is 11.8. The topological polar surface area (TPSA) is 58.6 Å². The van der Waals surface area contributed by atoms with Crippen molar-refractivity contribution in [3.63, 3.8) is 0 Å². The lowest BCUT2D eigenvalue weighted by molar-refractivity contribution is 0.0876. The molecule has 0 saturated carbocycles. The molecular formula is C25H34N2O3S. The zero-order valence-electron chi connectivity index (χ0n) is 18.4. The Labute approximate surface area is 186 Å². The van der Waals surface area contributed by atoms with E-state index in [1.165, 1.54) is 42.6 Å². The molecule has 0 aromatic heterocycles. The fraction of sp³-hybridized carbons (Fsp3) is 0.520. The molecule has 5 nitrogen and oxygen atoms in total. The molecule has 6 heteroatoms. The Morgan fingerprint density at radius 1 is 1.13 bits per heavy atom. The molecule has 1 fully saturated rings. The third-order valence-corrected chi connectivity index (χ3v) is 8.10. The van der Waals surface area contributed by atoms with Gasteiger partial charge in [0.15, 0.2) is 0 Å². The molecule has 0 spiro atoms. The summed E-state index contributed by atoms with van der Waals surface area (Å²) in [7, 11) is -3.19. The Balaban J connectivity index is 1.48. The minimum atomic E-state index is -3.19. The molecule has 168 valence electrons. The Hall–Kier alpha value is -1.89. The van der Waals surface area contributed by atoms with Crippen molar-refractivity contribution in [1.82, 2.24) is 9.62 Å². The molecule has 0 bridgehead atoms. The summed E-state index contributed by atoms with van der Waals surface area (Å²) in [5, 5.41) is 0. The van der Waals surface area contributed by atoms with E-state index in [2.05, 4.69) is 52.1 Å². The Kier molecular flexibility index (Phi) is 7.31. The van der Waals surface area contributed by atoms with Gasteiger partial charge in [0.05, 0.1) is 5.75 Å². The SMILES string of the molecule is CCCS(=O)(=O)NCCOc1ccc2c(c1)C(Cc1ccccc1)C(N1CCC1)CC2. The van der Waals surface area contributed by atoms with Gasteiger partial charge in [-0.2, -0.15) is 0 Å². The fourth-order valence-electron chi connectivity index (χ4n) is 4.88. The standard InChI is InChI=1S/C25H34N2O3S/c1-2-17-31(28,29)26-13-16-30-22-11-9-21-10-12-25(27-14-6-15-27)24(23(21)19-22)18-20-7-4-3-5-8-20/h3-5,7-9,11,19,24-26H,2,6,10,12-18H2,1H3. The Bertz CT molecular complexity index is 958. The van der Waals surface area contributed by atoms with E-state index in [9.17, 15) is 8.42 Å². The average molecular weight is 443 g/mol. The molecule has 4 rings (SSSR count). The van der Waals surface area contributed by atoms with E-state index in [-0.39, 0.29) is 5.75 Å². The Morgan fingerprint density at radius 2 is 1.94 bits per heavy atom. The van der Waals surface area contributed by atoms with E-state index >= 15 is 0 Å². The molecule has 2 unspecified atom stereocenters. The molecule has 1 saturated heterocycles. The molecule has 2 atom stereocenters. The highest BCUT2D eigenvalue weighted by Crippen LogP contribution is 2.40. The number of likely N-dealkylation sites (tertiary alicyclic amines) is 1. The number of sulfonamides is 1. The van der Waals surface area contributed by atoms with Gasteiger partial charge in [-0.1, -0.05) is 43.3 Å². The number of aryl methyl sites for hydroxylation is 1. The number of rotatable bonds is 10. The molecule has 31 heavy (non-hydrogen) atoms. The number of fused-ring (bicyclic) bond motifs is 1. The summed E-state index contributed by atoms with van der Waals surface area (Å²) in [5.41, 5.74) is 4.20. The van der Waals surface area contributed by atoms with Crippen LogP contribution in [0.3, 0.4) is 0 Å². The zero-order valence-corrected chi connectivity index (χ0v) is 19.2. The van der Waals surface area contributed by atoms with Gasteiger partial charge in [-0.3, -0.25) is 4.90 Å². The first-order chi connectivity index (χ1) is 15.1. The maximum Gasteiger partial charge on any atom is 0.211 e. The smallest absolute Gasteiger partial charge is 0.211 e. The van der Waals surface area contributed by atoms with E-state index < -0.39 is 10.0 Å². The third-order valence-electron chi connectivity index (χ3n) is 6.51. The van der Waals surface area contributed by atoms with Gasteiger partial charge in [0, 0.05) is 18.5 Å². The lowest BCUT2D eigenvalue weighted by atomic mass is 9.75. The minimum absolute atomic E-state index is 0.158. The number of nitrogens with one attached hydrogen (secondary N) is 1. The monoisotopic (exact) mass is 442 g/mol. The molecule has 2 aliphatic rings. The van der Waals surface area contributed by atoms with Crippen LogP contribution in [0.5, 0.6) is 5.75 Å². The van der Waals surface area contributed by atoms with Crippen LogP contribution < -0.4 is 9.46 Å². The highest BCUT2D eigenvalue weighted by molar-refractivity contribution is 7.89. The van der Waals surface area contributed by atoms with Gasteiger partial charge >= 0.3 is 0 Å². The number of hydrogen-bond donors (Lipinski definition) is 1. The van der Waals surface area contributed by atoms with Gasteiger partial charge in [-0.25, -0.2) is 13.1 Å². The van der Waals surface area contributed by atoms with Crippen LogP contribution in [0.2, 0.25) is 0 Å². The first-order valence-electron chi connectivity index (χ1n) is 11.6. The van der Waals surface area contributed by atoms with Crippen molar-refractivity contribution in [2.24, 2.45) is 0 Å². The van der Waals surface area contributed by atoms with Gasteiger partial charge in [-0.05, 0) is 74.0 Å². The van der Waals surface area contributed by atoms with E-state index in [1.807, 2.05) is 13.0 Å². The number of nitrogens with zero attached hydrogens (tertiary/aromatic N) is 1. The van der Waals surface area contributed by atoms with Crippen LogP contribution in [0.15, 0.2) is 48.5 Å². The Morgan fingerprint density at radius 3 is 2.65 bits per heavy atom. The number of hydrogen-bond acceptors (Lipinski definition) is 4. The molecule has 1 heterocycles. The van der Waals surface area contributed by atoms with Gasteiger partial charge in [0.25, 0.3) is 0 Å². The summed E-state index contributed by atoms with van der Waals surface area (Å²) in [6.45, 7) is 4.91. The first kappa shape index (κ1) is 22.3. The quantitative estimate of drug-likeness (QED) is 0.570. The summed E-state index contributed by atoms with van der Waals surface area (Å²) in [6.07, 6.45) is 5.28. The van der Waals surface area contributed by atoms with Crippen LogP contribution in [0.25, 0.3) is 0 Å². The third kappa shape index (κ3) is 5.68. The second-order valence-electron chi connectivity index (χ2n) is 8.71. The molecular weight excluding hydrogens is 408 g/mol. The van der Waals surface area contributed by atoms with Crippen molar-refractivity contribution in [2.75, 3.05) is 32.0 Å². The summed E-state index contributed by atoms with van der Waals surface area (Å²) in [4.78, 5) is 2.65. The van der Waals surface area contributed by atoms with Gasteiger partial charge in [0.1, 0.15) is 12.4 Å². The van der Waals surface area contributed by atoms with Crippen molar-refractivity contribution < 1.29 is 13.2 Å². The predicted molar refractivity (Wildman–Crippen MR) is 125 cm³/mol. The summed E-state index contributed by atoms with van der Waals surface area (Å²) in [5.74, 6) is 1.44.